The predicted molar refractivity (Wildman–Crippen MR) is 83.0 cm³/mol. The monoisotopic (exact) mass is 281 g/mol. The fraction of sp³-hybridized carbons (Fsp3) is 0.643. The van der Waals surface area contributed by atoms with Crippen molar-refractivity contribution < 1.29 is 4.74 Å². The maximum Gasteiger partial charge on any atom is 0.239 e. The average molecular weight is 281 g/mol. The molecule has 2 unspecified atom stereocenters. The number of pyridine rings is 1. The van der Waals surface area contributed by atoms with Gasteiger partial charge in [-0.15, -0.1) is 0 Å². The summed E-state index contributed by atoms with van der Waals surface area (Å²) in [6.07, 6.45) is 5.95. The lowest BCUT2D eigenvalue weighted by Gasteiger charge is -2.16. The fourth-order valence-corrected chi connectivity index (χ4v) is 3.14. The summed E-state index contributed by atoms with van der Waals surface area (Å²) < 4.78 is 5.61. The van der Waals surface area contributed by atoms with Crippen LogP contribution in [0.15, 0.2) is 12.1 Å². The Morgan fingerprint density at radius 2 is 2.21 bits per heavy atom. The van der Waals surface area contributed by atoms with Crippen molar-refractivity contribution in [1.29, 1.82) is 0 Å². The minimum atomic E-state index is 0.0809. The van der Waals surface area contributed by atoms with Crippen molar-refractivity contribution in [2.24, 2.45) is 0 Å². The minimum Gasteiger partial charge on any atom is -0.473 e. The van der Waals surface area contributed by atoms with Crippen molar-refractivity contribution in [3.05, 3.63) is 12.1 Å². The number of hydrogen-bond donors (Lipinski definition) is 2. The van der Waals surface area contributed by atoms with Crippen LogP contribution in [-0.4, -0.2) is 28.6 Å². The smallest absolute Gasteiger partial charge is 0.239 e. The Hall–Kier alpha value is -1.10. The molecule has 19 heavy (non-hydrogen) atoms. The van der Waals surface area contributed by atoms with Crippen LogP contribution in [0, 0.1) is 0 Å². The third-order valence-electron chi connectivity index (χ3n) is 3.31. The Morgan fingerprint density at radius 3 is 2.84 bits per heavy atom. The summed E-state index contributed by atoms with van der Waals surface area (Å²) in [6.45, 7) is 3.95. The minimum absolute atomic E-state index is 0.0809. The molecule has 0 aliphatic heterocycles. The Morgan fingerprint density at radius 1 is 1.42 bits per heavy atom. The molecule has 1 aliphatic carbocycles. The molecule has 106 valence electrons. The van der Waals surface area contributed by atoms with Crippen molar-refractivity contribution in [2.45, 2.75) is 50.5 Å². The molecule has 0 bridgehead atoms. The van der Waals surface area contributed by atoms with Gasteiger partial charge in [-0.2, -0.15) is 16.7 Å². The number of nitrogens with two attached hydrogens (primary N) is 1. The molecule has 4 nitrogen and oxygen atoms in total. The van der Waals surface area contributed by atoms with E-state index < -0.39 is 0 Å². The maximum atomic E-state index is 5.87. The van der Waals surface area contributed by atoms with Crippen LogP contribution in [0.25, 0.3) is 0 Å². The van der Waals surface area contributed by atoms with Crippen LogP contribution in [0.2, 0.25) is 0 Å². The lowest BCUT2D eigenvalue weighted by molar-refractivity contribution is 0.234. The first-order valence-corrected chi connectivity index (χ1v) is 8.09. The molecule has 2 rings (SSSR count). The highest BCUT2D eigenvalue weighted by atomic mass is 32.2. The molecule has 3 N–H and O–H groups in total. The van der Waals surface area contributed by atoms with E-state index in [9.17, 15) is 0 Å². The first-order chi connectivity index (χ1) is 9.08. The van der Waals surface area contributed by atoms with E-state index in [-0.39, 0.29) is 6.10 Å². The van der Waals surface area contributed by atoms with Gasteiger partial charge in [0.05, 0.1) is 11.8 Å². The molecule has 0 saturated heterocycles. The molecule has 0 radical (unpaired) electrons. The van der Waals surface area contributed by atoms with Crippen LogP contribution in [0.4, 0.5) is 11.5 Å². The second-order valence-electron chi connectivity index (χ2n) is 5.27. The van der Waals surface area contributed by atoms with Crippen LogP contribution in [-0.2, 0) is 0 Å². The van der Waals surface area contributed by atoms with Gasteiger partial charge < -0.3 is 15.8 Å². The molecule has 1 aliphatic rings. The zero-order valence-electron chi connectivity index (χ0n) is 11.8. The molecule has 1 aromatic rings. The zero-order chi connectivity index (χ0) is 13.8. The van der Waals surface area contributed by atoms with Crippen LogP contribution < -0.4 is 15.8 Å². The number of thioether (sulfide) groups is 1. The van der Waals surface area contributed by atoms with Gasteiger partial charge in [0, 0.05) is 11.3 Å². The topological polar surface area (TPSA) is 60.2 Å². The Kier molecular flexibility index (Phi) is 4.80. The molecule has 5 heteroatoms. The molecular weight excluding hydrogens is 258 g/mol. The number of nitrogens with zero attached hydrogens (tertiary/aromatic N) is 1. The number of anilines is 2. The highest BCUT2D eigenvalue weighted by Crippen LogP contribution is 2.30. The van der Waals surface area contributed by atoms with Crippen LogP contribution in [0.5, 0.6) is 5.88 Å². The Labute approximate surface area is 119 Å². The number of aromatic nitrogens is 1. The molecule has 0 amide bonds. The highest BCUT2D eigenvalue weighted by molar-refractivity contribution is 7.99. The standard InChI is InChI=1S/C14H23N3OS/c1-9(2)18-14-12(15)6-7-13(17-14)16-10-4-5-11(8-10)19-3/h6-7,9-11H,4-5,8,15H2,1-3H3,(H,16,17). The summed E-state index contributed by atoms with van der Waals surface area (Å²) in [6, 6.07) is 4.30. The Bertz CT molecular complexity index is 425. The summed E-state index contributed by atoms with van der Waals surface area (Å²) in [7, 11) is 0. The molecule has 1 saturated carbocycles. The van der Waals surface area contributed by atoms with Crippen LogP contribution in [0.1, 0.15) is 33.1 Å². The quantitative estimate of drug-likeness (QED) is 0.868. The normalized spacial score (nSPS) is 22.7. The summed E-state index contributed by atoms with van der Waals surface area (Å²) in [5, 5.41) is 4.26. The van der Waals surface area contributed by atoms with E-state index in [1.54, 1.807) is 0 Å². The fourth-order valence-electron chi connectivity index (χ4n) is 2.34. The van der Waals surface area contributed by atoms with Crippen molar-refractivity contribution in [3.8, 4) is 5.88 Å². The van der Waals surface area contributed by atoms with Gasteiger partial charge in [0.2, 0.25) is 5.88 Å². The SMILES string of the molecule is CSC1CCC(Nc2ccc(N)c(OC(C)C)n2)C1. The van der Waals surface area contributed by atoms with E-state index in [1.807, 2.05) is 37.7 Å². The predicted octanol–water partition coefficient (Wildman–Crippen LogP) is 3.15. The van der Waals surface area contributed by atoms with E-state index in [0.29, 0.717) is 17.6 Å². The average Bonchev–Trinajstić information content (AvgIpc) is 2.80. The van der Waals surface area contributed by atoms with E-state index in [1.165, 1.54) is 19.3 Å². The molecule has 1 heterocycles. The number of nitrogens with one attached hydrogen (secondary N) is 1. The summed E-state index contributed by atoms with van der Waals surface area (Å²) in [5.74, 6) is 1.39. The second kappa shape index (κ2) is 6.37. The van der Waals surface area contributed by atoms with E-state index in [2.05, 4.69) is 16.6 Å². The number of hydrogen-bond acceptors (Lipinski definition) is 5. The van der Waals surface area contributed by atoms with Gasteiger partial charge in [0.25, 0.3) is 0 Å². The van der Waals surface area contributed by atoms with E-state index in [4.69, 9.17) is 10.5 Å². The molecule has 1 aromatic heterocycles. The molecule has 0 spiro atoms. The summed E-state index contributed by atoms with van der Waals surface area (Å²) >= 11 is 1.96. The second-order valence-corrected chi connectivity index (χ2v) is 6.41. The van der Waals surface area contributed by atoms with E-state index in [0.717, 1.165) is 11.1 Å². The van der Waals surface area contributed by atoms with E-state index >= 15 is 0 Å². The van der Waals surface area contributed by atoms with Gasteiger partial charge in [-0.1, -0.05) is 0 Å². The number of nitrogen functional groups attached to an aromatic ring is 1. The van der Waals surface area contributed by atoms with Gasteiger partial charge in [-0.25, -0.2) is 0 Å². The molecule has 2 atom stereocenters. The molecule has 0 aromatic carbocycles. The van der Waals surface area contributed by atoms with Gasteiger partial charge in [0.15, 0.2) is 0 Å². The van der Waals surface area contributed by atoms with Crippen molar-refractivity contribution in [1.82, 2.24) is 4.98 Å². The number of rotatable bonds is 5. The third-order valence-corrected chi connectivity index (χ3v) is 4.40. The van der Waals surface area contributed by atoms with Crippen molar-refractivity contribution in [2.75, 3.05) is 17.3 Å². The zero-order valence-corrected chi connectivity index (χ0v) is 12.7. The Balaban J connectivity index is 2.01. The molecule has 1 fully saturated rings. The van der Waals surface area contributed by atoms with Crippen LogP contribution in [0.3, 0.4) is 0 Å². The molecular formula is C14H23N3OS. The highest BCUT2D eigenvalue weighted by Gasteiger charge is 2.24. The summed E-state index contributed by atoms with van der Waals surface area (Å²) in [5.41, 5.74) is 6.46. The lowest BCUT2D eigenvalue weighted by atomic mass is 10.2. The van der Waals surface area contributed by atoms with Crippen molar-refractivity contribution >= 4 is 23.3 Å². The van der Waals surface area contributed by atoms with Gasteiger partial charge in [-0.3, -0.25) is 0 Å². The largest absolute Gasteiger partial charge is 0.473 e. The summed E-state index contributed by atoms with van der Waals surface area (Å²) in [4.78, 5) is 4.46. The first kappa shape index (κ1) is 14.3. The van der Waals surface area contributed by atoms with Crippen molar-refractivity contribution in [3.63, 3.8) is 0 Å². The van der Waals surface area contributed by atoms with Gasteiger partial charge in [-0.05, 0) is 51.5 Å². The lowest BCUT2D eigenvalue weighted by Crippen LogP contribution is -2.17. The maximum absolute atomic E-state index is 5.87. The van der Waals surface area contributed by atoms with Gasteiger partial charge in [0.1, 0.15) is 5.82 Å². The first-order valence-electron chi connectivity index (χ1n) is 6.81. The van der Waals surface area contributed by atoms with Gasteiger partial charge >= 0.3 is 0 Å². The van der Waals surface area contributed by atoms with Crippen LogP contribution >= 0.6 is 11.8 Å². The number of ether oxygens (including phenoxy) is 1. The third kappa shape index (κ3) is 3.93.